The topological polar surface area (TPSA) is 50.1 Å². The lowest BCUT2D eigenvalue weighted by Gasteiger charge is -2.09. The number of esters is 1. The van der Waals surface area contributed by atoms with Gasteiger partial charge in [-0.25, -0.2) is 0 Å². The normalized spacial score (nSPS) is 9.76. The maximum absolute atomic E-state index is 11.5. The van der Waals surface area contributed by atoms with Crippen molar-refractivity contribution < 1.29 is 9.53 Å². The van der Waals surface area contributed by atoms with E-state index in [1.807, 2.05) is 6.07 Å². The zero-order valence-electron chi connectivity index (χ0n) is 9.30. The molecular formula is C12H11Br2NO2. The first-order chi connectivity index (χ1) is 8.13. The summed E-state index contributed by atoms with van der Waals surface area (Å²) < 4.78 is 5.69. The van der Waals surface area contributed by atoms with Crippen LogP contribution >= 0.6 is 31.9 Å². The molecule has 0 aliphatic rings. The third kappa shape index (κ3) is 3.55. The van der Waals surface area contributed by atoms with Crippen LogP contribution in [0.5, 0.6) is 0 Å². The molecule has 0 bridgehead atoms. The van der Waals surface area contributed by atoms with E-state index in [1.54, 1.807) is 13.0 Å². The highest BCUT2D eigenvalue weighted by Gasteiger charge is 2.14. The van der Waals surface area contributed by atoms with Crippen molar-refractivity contribution in [3.05, 3.63) is 33.3 Å². The SMILES string of the molecule is CCOC(=O)Cc1c(C#N)ccc(CBr)c1Br. The number of benzene rings is 1. The molecule has 0 spiro atoms. The predicted octanol–water partition coefficient (Wildman–Crippen LogP) is 3.32. The standard InChI is InChI=1S/C12H11Br2NO2/c1-2-17-11(16)5-10-9(7-15)4-3-8(6-13)12(10)14/h3-4H,2,5-6H2,1H3. The smallest absolute Gasteiger partial charge is 0.310 e. The predicted molar refractivity (Wildman–Crippen MR) is 71.8 cm³/mol. The molecule has 0 aliphatic heterocycles. The third-order valence-electron chi connectivity index (χ3n) is 2.21. The summed E-state index contributed by atoms with van der Waals surface area (Å²) in [5, 5.41) is 9.68. The number of carbonyl (C=O) groups excluding carboxylic acids is 1. The zero-order valence-corrected chi connectivity index (χ0v) is 12.5. The number of nitriles is 1. The van der Waals surface area contributed by atoms with Gasteiger partial charge in [0.25, 0.3) is 0 Å². The number of hydrogen-bond acceptors (Lipinski definition) is 3. The summed E-state index contributed by atoms with van der Waals surface area (Å²) in [6, 6.07) is 5.65. The maximum atomic E-state index is 11.5. The number of hydrogen-bond donors (Lipinski definition) is 0. The van der Waals surface area contributed by atoms with E-state index in [2.05, 4.69) is 37.9 Å². The molecule has 90 valence electrons. The van der Waals surface area contributed by atoms with Crippen LogP contribution in [0, 0.1) is 11.3 Å². The molecule has 0 fully saturated rings. The van der Waals surface area contributed by atoms with Gasteiger partial charge in [-0.2, -0.15) is 5.26 Å². The van der Waals surface area contributed by atoms with Crippen molar-refractivity contribution in [1.29, 1.82) is 5.26 Å². The van der Waals surface area contributed by atoms with Gasteiger partial charge >= 0.3 is 5.97 Å². The molecule has 0 amide bonds. The molecule has 0 radical (unpaired) electrons. The Labute approximate surface area is 117 Å². The molecule has 0 aromatic heterocycles. The molecule has 1 rings (SSSR count). The van der Waals surface area contributed by atoms with Gasteiger partial charge in [0.05, 0.1) is 24.7 Å². The lowest BCUT2D eigenvalue weighted by molar-refractivity contribution is -0.142. The van der Waals surface area contributed by atoms with Crippen molar-refractivity contribution in [3.8, 4) is 6.07 Å². The highest BCUT2D eigenvalue weighted by Crippen LogP contribution is 2.27. The van der Waals surface area contributed by atoms with Crippen LogP contribution in [0.25, 0.3) is 0 Å². The van der Waals surface area contributed by atoms with E-state index in [0.717, 1.165) is 10.0 Å². The molecule has 0 unspecified atom stereocenters. The summed E-state index contributed by atoms with van der Waals surface area (Å²) in [5.41, 5.74) is 2.18. The molecule has 0 saturated carbocycles. The lowest BCUT2D eigenvalue weighted by atomic mass is 10.0. The van der Waals surface area contributed by atoms with E-state index in [-0.39, 0.29) is 12.4 Å². The summed E-state index contributed by atoms with van der Waals surface area (Å²) in [6.07, 6.45) is 0.109. The Balaban J connectivity index is 3.11. The third-order valence-corrected chi connectivity index (χ3v) is 3.81. The summed E-state index contributed by atoms with van der Waals surface area (Å²) >= 11 is 6.78. The van der Waals surface area contributed by atoms with Gasteiger partial charge in [-0.15, -0.1) is 0 Å². The number of carbonyl (C=O) groups is 1. The molecule has 17 heavy (non-hydrogen) atoms. The van der Waals surface area contributed by atoms with Gasteiger partial charge in [0.2, 0.25) is 0 Å². The van der Waals surface area contributed by atoms with Crippen LogP contribution in [-0.4, -0.2) is 12.6 Å². The van der Waals surface area contributed by atoms with E-state index >= 15 is 0 Å². The first-order valence-corrected chi connectivity index (χ1v) is 6.97. The molecule has 0 aliphatic carbocycles. The Bertz CT molecular complexity index is 466. The highest BCUT2D eigenvalue weighted by molar-refractivity contribution is 9.10. The van der Waals surface area contributed by atoms with Crippen LogP contribution in [0.1, 0.15) is 23.6 Å². The Hall–Kier alpha value is -0.860. The fraction of sp³-hybridized carbons (Fsp3) is 0.333. The maximum Gasteiger partial charge on any atom is 0.310 e. The minimum Gasteiger partial charge on any atom is -0.466 e. The van der Waals surface area contributed by atoms with Crippen molar-refractivity contribution >= 4 is 37.8 Å². The monoisotopic (exact) mass is 359 g/mol. The van der Waals surface area contributed by atoms with Gasteiger partial charge < -0.3 is 4.74 Å². The fourth-order valence-electron chi connectivity index (χ4n) is 1.41. The first kappa shape index (κ1) is 14.2. The van der Waals surface area contributed by atoms with Gasteiger partial charge in [0.1, 0.15) is 0 Å². The zero-order chi connectivity index (χ0) is 12.8. The van der Waals surface area contributed by atoms with E-state index in [1.165, 1.54) is 0 Å². The Morgan fingerprint density at radius 3 is 2.76 bits per heavy atom. The van der Waals surface area contributed by atoms with Crippen LogP contribution in [0.3, 0.4) is 0 Å². The molecule has 5 heteroatoms. The summed E-state index contributed by atoms with van der Waals surface area (Å²) in [4.78, 5) is 11.5. The summed E-state index contributed by atoms with van der Waals surface area (Å²) in [7, 11) is 0. The molecule has 1 aromatic carbocycles. The minimum atomic E-state index is -0.323. The molecule has 3 nitrogen and oxygen atoms in total. The van der Waals surface area contributed by atoms with Crippen LogP contribution in [0.15, 0.2) is 16.6 Å². The van der Waals surface area contributed by atoms with Gasteiger partial charge in [0.15, 0.2) is 0 Å². The largest absolute Gasteiger partial charge is 0.466 e. The lowest BCUT2D eigenvalue weighted by Crippen LogP contribution is -2.10. The minimum absolute atomic E-state index is 0.109. The average molecular weight is 361 g/mol. The molecule has 0 N–H and O–H groups in total. The van der Waals surface area contributed by atoms with E-state index in [0.29, 0.717) is 23.1 Å². The Kier molecular flexibility index (Phi) is 5.66. The van der Waals surface area contributed by atoms with Crippen molar-refractivity contribution in [2.75, 3.05) is 6.61 Å². The van der Waals surface area contributed by atoms with Crippen molar-refractivity contribution in [3.63, 3.8) is 0 Å². The van der Waals surface area contributed by atoms with Gasteiger partial charge in [0, 0.05) is 9.80 Å². The van der Waals surface area contributed by atoms with Crippen LogP contribution in [-0.2, 0) is 21.3 Å². The van der Waals surface area contributed by atoms with E-state index in [4.69, 9.17) is 10.00 Å². The summed E-state index contributed by atoms with van der Waals surface area (Å²) in [5.74, 6) is -0.323. The Morgan fingerprint density at radius 1 is 1.53 bits per heavy atom. The number of rotatable bonds is 4. The highest BCUT2D eigenvalue weighted by atomic mass is 79.9. The van der Waals surface area contributed by atoms with Crippen LogP contribution in [0.2, 0.25) is 0 Å². The van der Waals surface area contributed by atoms with Crippen LogP contribution < -0.4 is 0 Å². The van der Waals surface area contributed by atoms with E-state index in [9.17, 15) is 4.79 Å². The number of alkyl halides is 1. The fourth-order valence-corrected chi connectivity index (χ4v) is 2.88. The second-order valence-electron chi connectivity index (χ2n) is 3.29. The van der Waals surface area contributed by atoms with Gasteiger partial charge in [-0.3, -0.25) is 4.79 Å². The van der Waals surface area contributed by atoms with Gasteiger partial charge in [-0.1, -0.05) is 37.9 Å². The molecule has 0 saturated heterocycles. The number of ether oxygens (including phenoxy) is 1. The number of nitrogens with zero attached hydrogens (tertiary/aromatic N) is 1. The van der Waals surface area contributed by atoms with Crippen molar-refractivity contribution in [2.45, 2.75) is 18.7 Å². The summed E-state index contributed by atoms with van der Waals surface area (Å²) in [6.45, 7) is 2.10. The Morgan fingerprint density at radius 2 is 2.24 bits per heavy atom. The van der Waals surface area contributed by atoms with Crippen LogP contribution in [0.4, 0.5) is 0 Å². The molecule has 1 aromatic rings. The number of halogens is 2. The van der Waals surface area contributed by atoms with E-state index < -0.39 is 0 Å². The first-order valence-electron chi connectivity index (χ1n) is 5.06. The van der Waals surface area contributed by atoms with Gasteiger partial charge in [-0.05, 0) is 24.1 Å². The molecule has 0 heterocycles. The quantitative estimate of drug-likeness (QED) is 0.611. The average Bonchev–Trinajstić information content (AvgIpc) is 2.32. The second kappa shape index (κ2) is 6.77. The van der Waals surface area contributed by atoms with Crippen molar-refractivity contribution in [1.82, 2.24) is 0 Å². The molecule has 0 atom stereocenters. The molecular weight excluding hydrogens is 350 g/mol. The van der Waals surface area contributed by atoms with Crippen molar-refractivity contribution in [2.24, 2.45) is 0 Å². The second-order valence-corrected chi connectivity index (χ2v) is 4.65.